The van der Waals surface area contributed by atoms with Gasteiger partial charge in [0.25, 0.3) is 0 Å². The number of benzene rings is 1. The molecule has 2 heterocycles. The highest BCUT2D eigenvalue weighted by Crippen LogP contribution is 2.19. The molecule has 0 spiro atoms. The van der Waals surface area contributed by atoms with Crippen LogP contribution in [0.2, 0.25) is 5.02 Å². The molecule has 0 aliphatic rings. The molecule has 0 fully saturated rings. The summed E-state index contributed by atoms with van der Waals surface area (Å²) >= 11 is 6.14. The molecule has 0 atom stereocenters. The monoisotopic (exact) mass is 358 g/mol. The van der Waals surface area contributed by atoms with Gasteiger partial charge in [-0.3, -0.25) is 9.48 Å². The first-order chi connectivity index (χ1) is 12.1. The third-order valence-corrected chi connectivity index (χ3v) is 5.01. The zero-order chi connectivity index (χ0) is 17.8. The fraction of sp³-hybridized carbons (Fsp3) is 0.368. The van der Waals surface area contributed by atoms with E-state index in [1.165, 1.54) is 10.9 Å². The quantitative estimate of drug-likeness (QED) is 0.631. The Morgan fingerprint density at radius 1 is 1.32 bits per heavy atom. The van der Waals surface area contributed by atoms with Crippen molar-refractivity contribution in [2.75, 3.05) is 6.54 Å². The largest absolute Gasteiger partial charge is 0.361 e. The van der Waals surface area contributed by atoms with E-state index in [2.05, 4.69) is 21.5 Å². The molecule has 0 aliphatic carbocycles. The molecule has 3 rings (SSSR count). The highest BCUT2D eigenvalue weighted by atomic mass is 35.5. The number of nitrogens with zero attached hydrogens (tertiary/aromatic N) is 2. The van der Waals surface area contributed by atoms with E-state index >= 15 is 0 Å². The molecule has 0 unspecified atom stereocenters. The molecular weight excluding hydrogens is 336 g/mol. The van der Waals surface area contributed by atoms with Gasteiger partial charge in [-0.15, -0.1) is 0 Å². The van der Waals surface area contributed by atoms with Crippen molar-refractivity contribution in [3.05, 3.63) is 52.4 Å². The Balaban J connectivity index is 1.42. The number of aromatic amines is 1. The van der Waals surface area contributed by atoms with Crippen LogP contribution in [0, 0.1) is 13.8 Å². The van der Waals surface area contributed by atoms with Gasteiger partial charge in [-0.05, 0) is 38.3 Å². The maximum Gasteiger partial charge on any atom is 0.220 e. The van der Waals surface area contributed by atoms with E-state index < -0.39 is 0 Å². The minimum atomic E-state index is 0.0803. The summed E-state index contributed by atoms with van der Waals surface area (Å²) in [6.07, 6.45) is 4.05. The number of para-hydroxylation sites is 1. The minimum Gasteiger partial charge on any atom is -0.361 e. The summed E-state index contributed by atoms with van der Waals surface area (Å²) in [6.45, 7) is 5.26. The first-order valence-electron chi connectivity index (χ1n) is 8.57. The van der Waals surface area contributed by atoms with E-state index in [1.54, 1.807) is 0 Å². The Morgan fingerprint density at radius 2 is 2.12 bits per heavy atom. The second-order valence-corrected chi connectivity index (χ2v) is 6.65. The van der Waals surface area contributed by atoms with Crippen molar-refractivity contribution >= 4 is 28.4 Å². The van der Waals surface area contributed by atoms with Crippen molar-refractivity contribution in [2.45, 2.75) is 39.7 Å². The number of amides is 1. The predicted octanol–water partition coefficient (Wildman–Crippen LogP) is 3.77. The summed E-state index contributed by atoms with van der Waals surface area (Å²) in [7, 11) is 0. The maximum absolute atomic E-state index is 12.0. The molecule has 0 saturated carbocycles. The van der Waals surface area contributed by atoms with Crippen molar-refractivity contribution in [3.63, 3.8) is 0 Å². The highest BCUT2D eigenvalue weighted by Gasteiger charge is 2.09. The van der Waals surface area contributed by atoms with Gasteiger partial charge in [0.15, 0.2) is 0 Å². The van der Waals surface area contributed by atoms with E-state index in [-0.39, 0.29) is 5.91 Å². The lowest BCUT2D eigenvalue weighted by atomic mass is 10.1. The van der Waals surface area contributed by atoms with Crippen LogP contribution in [0.4, 0.5) is 0 Å². The average molecular weight is 359 g/mol. The molecule has 2 N–H and O–H groups in total. The van der Waals surface area contributed by atoms with Gasteiger partial charge in [-0.2, -0.15) is 5.10 Å². The summed E-state index contributed by atoms with van der Waals surface area (Å²) in [5.74, 6) is 0.0803. The zero-order valence-corrected chi connectivity index (χ0v) is 15.4. The normalized spacial score (nSPS) is 11.2. The summed E-state index contributed by atoms with van der Waals surface area (Å²) in [5.41, 5.74) is 4.12. The van der Waals surface area contributed by atoms with Crippen LogP contribution in [0.15, 0.2) is 30.5 Å². The molecule has 5 nitrogen and oxygen atoms in total. The van der Waals surface area contributed by atoms with Gasteiger partial charge in [0.1, 0.15) is 0 Å². The Hall–Kier alpha value is -2.27. The number of carbonyl (C=O) groups excluding carboxylic acids is 1. The molecule has 3 aromatic rings. The van der Waals surface area contributed by atoms with Gasteiger partial charge in [0.2, 0.25) is 5.91 Å². The standard InChI is InChI=1S/C19H23ClN4O/c1-13-19(20)14(2)24(23-13)11-5-10-21-18(25)9-8-15-12-22-17-7-4-3-6-16(15)17/h3-4,6-7,12,22H,5,8-11H2,1-2H3,(H,21,25). The number of H-pyrrole nitrogens is 1. The van der Waals surface area contributed by atoms with Crippen LogP contribution in [-0.4, -0.2) is 27.2 Å². The fourth-order valence-corrected chi connectivity index (χ4v) is 3.16. The zero-order valence-electron chi connectivity index (χ0n) is 14.6. The Morgan fingerprint density at radius 3 is 2.88 bits per heavy atom. The SMILES string of the molecule is Cc1nn(CCCNC(=O)CCc2c[nH]c3ccccc23)c(C)c1Cl. The van der Waals surface area contributed by atoms with E-state index in [9.17, 15) is 4.79 Å². The number of aryl methyl sites for hydroxylation is 3. The minimum absolute atomic E-state index is 0.0803. The van der Waals surface area contributed by atoms with Gasteiger partial charge in [0, 0.05) is 36.6 Å². The summed E-state index contributed by atoms with van der Waals surface area (Å²) in [5, 5.41) is 9.29. The van der Waals surface area contributed by atoms with Gasteiger partial charge in [-0.25, -0.2) is 0 Å². The van der Waals surface area contributed by atoms with Gasteiger partial charge in [-0.1, -0.05) is 29.8 Å². The van der Waals surface area contributed by atoms with Crippen LogP contribution >= 0.6 is 11.6 Å². The molecule has 25 heavy (non-hydrogen) atoms. The van der Waals surface area contributed by atoms with Crippen LogP contribution in [0.1, 0.15) is 29.8 Å². The summed E-state index contributed by atoms with van der Waals surface area (Å²) < 4.78 is 1.90. The third-order valence-electron chi connectivity index (χ3n) is 4.46. The van der Waals surface area contributed by atoms with Crippen LogP contribution in [-0.2, 0) is 17.8 Å². The smallest absolute Gasteiger partial charge is 0.220 e. The number of carbonyl (C=O) groups is 1. The van der Waals surface area contributed by atoms with E-state index in [4.69, 9.17) is 11.6 Å². The lowest BCUT2D eigenvalue weighted by Crippen LogP contribution is -2.25. The van der Waals surface area contributed by atoms with E-state index in [1.807, 2.05) is 42.9 Å². The third kappa shape index (κ3) is 4.04. The van der Waals surface area contributed by atoms with Crippen LogP contribution in [0.5, 0.6) is 0 Å². The number of hydrogen-bond acceptors (Lipinski definition) is 2. The first-order valence-corrected chi connectivity index (χ1v) is 8.95. The molecule has 2 aromatic heterocycles. The molecule has 132 valence electrons. The molecule has 0 bridgehead atoms. The predicted molar refractivity (Wildman–Crippen MR) is 101 cm³/mol. The van der Waals surface area contributed by atoms with Gasteiger partial charge >= 0.3 is 0 Å². The van der Waals surface area contributed by atoms with Crippen LogP contribution in [0.25, 0.3) is 10.9 Å². The summed E-state index contributed by atoms with van der Waals surface area (Å²) in [4.78, 5) is 15.3. The lowest BCUT2D eigenvalue weighted by molar-refractivity contribution is -0.121. The second kappa shape index (κ2) is 7.74. The molecule has 1 amide bonds. The molecule has 0 aliphatic heterocycles. The number of aromatic nitrogens is 3. The Labute approximate surface area is 152 Å². The number of hydrogen-bond donors (Lipinski definition) is 2. The van der Waals surface area contributed by atoms with Crippen LogP contribution in [0.3, 0.4) is 0 Å². The van der Waals surface area contributed by atoms with Crippen molar-refractivity contribution < 1.29 is 4.79 Å². The molecule has 1 aromatic carbocycles. The molecule has 0 radical (unpaired) electrons. The van der Waals surface area contributed by atoms with Crippen molar-refractivity contribution in [3.8, 4) is 0 Å². The number of nitrogens with one attached hydrogen (secondary N) is 2. The highest BCUT2D eigenvalue weighted by molar-refractivity contribution is 6.31. The number of rotatable bonds is 7. The topological polar surface area (TPSA) is 62.7 Å². The molecular formula is C19H23ClN4O. The lowest BCUT2D eigenvalue weighted by Gasteiger charge is -2.07. The average Bonchev–Trinajstić information content (AvgIpc) is 3.13. The van der Waals surface area contributed by atoms with Gasteiger partial charge in [0.05, 0.1) is 16.4 Å². The number of fused-ring (bicyclic) bond motifs is 1. The van der Waals surface area contributed by atoms with E-state index in [0.717, 1.165) is 41.3 Å². The Kier molecular flexibility index (Phi) is 5.43. The maximum atomic E-state index is 12.0. The molecule has 0 saturated heterocycles. The van der Waals surface area contributed by atoms with Crippen LogP contribution < -0.4 is 5.32 Å². The van der Waals surface area contributed by atoms with Crippen molar-refractivity contribution in [1.29, 1.82) is 0 Å². The summed E-state index contributed by atoms with van der Waals surface area (Å²) in [6, 6.07) is 8.15. The van der Waals surface area contributed by atoms with Gasteiger partial charge < -0.3 is 10.3 Å². The van der Waals surface area contributed by atoms with Crippen molar-refractivity contribution in [2.24, 2.45) is 0 Å². The Bertz CT molecular complexity index is 881. The fourth-order valence-electron chi connectivity index (χ4n) is 3.02. The second-order valence-electron chi connectivity index (χ2n) is 6.27. The van der Waals surface area contributed by atoms with E-state index in [0.29, 0.717) is 13.0 Å². The molecule has 6 heteroatoms. The number of halogens is 1. The van der Waals surface area contributed by atoms with Crippen molar-refractivity contribution in [1.82, 2.24) is 20.1 Å². The first kappa shape index (κ1) is 17.5.